The minimum absolute atomic E-state index is 0.375. The Kier molecular flexibility index (Phi) is 3.44. The van der Waals surface area contributed by atoms with Gasteiger partial charge in [0.05, 0.1) is 15.1 Å². The Labute approximate surface area is 82.4 Å². The number of hydrogen-bond acceptors (Lipinski definition) is 3. The molecule has 1 aromatic rings. The molecule has 76 valence electrons. The average Bonchev–Trinajstić information content (AvgIpc) is 2.22. The highest BCUT2D eigenvalue weighted by Crippen LogP contribution is 2.34. The minimum atomic E-state index is -1.62. The zero-order valence-electron chi connectivity index (χ0n) is 7.38. The molecule has 0 aromatic heterocycles. The summed E-state index contributed by atoms with van der Waals surface area (Å²) >= 11 is 0. The molecule has 0 saturated carbocycles. The van der Waals surface area contributed by atoms with Crippen LogP contribution in [0.2, 0.25) is 0 Å². The molecule has 2 unspecified atom stereocenters. The summed E-state index contributed by atoms with van der Waals surface area (Å²) in [4.78, 5) is 10.9. The van der Waals surface area contributed by atoms with Crippen molar-refractivity contribution in [1.82, 2.24) is 0 Å². The second kappa shape index (κ2) is 4.40. The molecule has 0 amide bonds. The average molecular weight is 214 g/mol. The lowest BCUT2D eigenvalue weighted by Gasteiger charge is -2.21. The Morgan fingerprint density at radius 3 is 2.29 bits per heavy atom. The van der Waals surface area contributed by atoms with Crippen LogP contribution in [0, 0.1) is 0 Å². The van der Waals surface area contributed by atoms with E-state index in [-0.39, 0.29) is 0 Å². The predicted molar refractivity (Wildman–Crippen MR) is 53.2 cm³/mol. The Morgan fingerprint density at radius 2 is 1.93 bits per heavy atom. The van der Waals surface area contributed by atoms with Crippen molar-refractivity contribution in [2.75, 3.05) is 6.61 Å². The molecule has 0 bridgehead atoms. The number of aliphatic hydroxyl groups is 1. The first-order valence-corrected chi connectivity index (χ1v) is 5.08. The summed E-state index contributed by atoms with van der Waals surface area (Å²) in [6, 6.07) is 8.13. The topological polar surface area (TPSA) is 74.6 Å². The number of aliphatic carboxylic acids is 1. The number of benzene rings is 1. The maximum atomic E-state index is 11.0. The van der Waals surface area contributed by atoms with Crippen LogP contribution in [0.5, 0.6) is 0 Å². The van der Waals surface area contributed by atoms with Gasteiger partial charge < -0.3 is 14.8 Å². The zero-order valence-corrected chi connectivity index (χ0v) is 8.54. The maximum absolute atomic E-state index is 11.0. The molecule has 1 aromatic carbocycles. The van der Waals surface area contributed by atoms with Gasteiger partial charge >= 0.3 is 5.97 Å². The molecule has 0 heterocycles. The molecule has 1 rings (SSSR count). The molecular weight excluding hydrogens is 203 g/mol. The molecule has 5 heteroatoms. The highest BCUT2D eigenvalue weighted by Gasteiger charge is 2.38. The maximum Gasteiger partial charge on any atom is 0.323 e. The third-order valence-corrected chi connectivity index (χ3v) is 3.29. The van der Waals surface area contributed by atoms with Gasteiger partial charge in [-0.2, -0.15) is 0 Å². The first-order valence-electron chi connectivity index (χ1n) is 4.03. The summed E-state index contributed by atoms with van der Waals surface area (Å²) in [6.07, 6.45) is 0. The van der Waals surface area contributed by atoms with E-state index in [1.54, 1.807) is 30.3 Å². The van der Waals surface area contributed by atoms with Gasteiger partial charge in [0.15, 0.2) is 5.16 Å². The van der Waals surface area contributed by atoms with Crippen molar-refractivity contribution in [3.05, 3.63) is 35.9 Å². The fourth-order valence-corrected chi connectivity index (χ4v) is 1.68. The Morgan fingerprint density at radius 1 is 1.36 bits per heavy atom. The summed E-state index contributed by atoms with van der Waals surface area (Å²) in [7, 11) is -1.62. The van der Waals surface area contributed by atoms with Crippen LogP contribution in [0.3, 0.4) is 0 Å². The van der Waals surface area contributed by atoms with E-state index in [2.05, 4.69) is 0 Å². The number of carbonyl (C=O) groups is 1. The molecule has 2 atom stereocenters. The molecule has 0 radical (unpaired) electrons. The van der Waals surface area contributed by atoms with Crippen LogP contribution in [0.4, 0.5) is 0 Å². The van der Waals surface area contributed by atoms with Gasteiger partial charge in [0, 0.05) is 0 Å². The minimum Gasteiger partial charge on any atom is -0.480 e. The molecule has 0 aliphatic carbocycles. The monoisotopic (exact) mass is 214 g/mol. The van der Waals surface area contributed by atoms with Gasteiger partial charge in [-0.05, 0) is 5.56 Å². The number of carboxylic acid groups (broad SMARTS) is 1. The summed E-state index contributed by atoms with van der Waals surface area (Å²) in [5.41, 5.74) is 0.375. The van der Waals surface area contributed by atoms with Gasteiger partial charge in [0.25, 0.3) is 0 Å². The number of aliphatic hydroxyl groups excluding tert-OH is 1. The van der Waals surface area contributed by atoms with Crippen LogP contribution in [0.1, 0.15) is 5.56 Å². The Hall–Kier alpha value is -1.12. The van der Waals surface area contributed by atoms with Crippen LogP contribution in [0.15, 0.2) is 30.3 Å². The van der Waals surface area contributed by atoms with Gasteiger partial charge in [-0.3, -0.25) is 4.79 Å². The highest BCUT2D eigenvalue weighted by molar-refractivity contribution is 7.27. The molecular formula is C9H11O4P. The summed E-state index contributed by atoms with van der Waals surface area (Å²) in [6.45, 7) is -0.648. The van der Waals surface area contributed by atoms with Crippen LogP contribution in [0.25, 0.3) is 0 Å². The van der Waals surface area contributed by atoms with E-state index in [1.165, 1.54) is 0 Å². The fourth-order valence-electron chi connectivity index (χ4n) is 1.17. The van der Waals surface area contributed by atoms with Gasteiger partial charge in [-0.1, -0.05) is 30.3 Å². The molecule has 0 fully saturated rings. The van der Waals surface area contributed by atoms with E-state index >= 15 is 0 Å². The molecule has 0 aliphatic heterocycles. The van der Waals surface area contributed by atoms with Gasteiger partial charge in [-0.25, -0.2) is 0 Å². The largest absolute Gasteiger partial charge is 0.480 e. The van der Waals surface area contributed by atoms with E-state index in [4.69, 9.17) is 10.2 Å². The molecule has 2 N–H and O–H groups in total. The van der Waals surface area contributed by atoms with Crippen molar-refractivity contribution < 1.29 is 19.6 Å². The van der Waals surface area contributed by atoms with Crippen LogP contribution >= 0.6 is 8.46 Å². The highest BCUT2D eigenvalue weighted by atomic mass is 31.1. The van der Waals surface area contributed by atoms with Crippen LogP contribution in [-0.2, 0) is 14.5 Å². The van der Waals surface area contributed by atoms with E-state index in [0.29, 0.717) is 5.56 Å². The van der Waals surface area contributed by atoms with Crippen molar-refractivity contribution in [3.63, 3.8) is 0 Å². The number of hydrogen-bond donors (Lipinski definition) is 2. The van der Waals surface area contributed by atoms with Crippen molar-refractivity contribution in [2.24, 2.45) is 0 Å². The first kappa shape index (κ1) is 11.0. The standard InChI is InChI=1S/C9H11O4P/c10-6-9(14-13,8(11)12)7-4-2-1-3-5-7/h1-5,10H,6,14H2,(H,11,12). The van der Waals surface area contributed by atoms with Gasteiger partial charge in [0.2, 0.25) is 0 Å². The van der Waals surface area contributed by atoms with Crippen LogP contribution < -0.4 is 0 Å². The first-order chi connectivity index (χ1) is 6.67. The van der Waals surface area contributed by atoms with Crippen molar-refractivity contribution in [3.8, 4) is 0 Å². The normalized spacial score (nSPS) is 15.5. The van der Waals surface area contributed by atoms with Crippen molar-refractivity contribution >= 4 is 14.4 Å². The van der Waals surface area contributed by atoms with Gasteiger partial charge in [-0.15, -0.1) is 0 Å². The lowest BCUT2D eigenvalue weighted by Crippen LogP contribution is -2.33. The summed E-state index contributed by atoms with van der Waals surface area (Å²) < 4.78 is 11.0. The molecule has 0 aliphatic rings. The smallest absolute Gasteiger partial charge is 0.323 e. The van der Waals surface area contributed by atoms with E-state index < -0.39 is 26.2 Å². The molecule has 0 saturated heterocycles. The number of carboxylic acids is 1. The quantitative estimate of drug-likeness (QED) is 0.724. The Bertz CT molecular complexity index is 338. The molecule has 4 nitrogen and oxygen atoms in total. The molecule has 0 spiro atoms. The van der Waals surface area contributed by atoms with Crippen LogP contribution in [-0.4, -0.2) is 22.8 Å². The van der Waals surface area contributed by atoms with Crippen molar-refractivity contribution in [2.45, 2.75) is 5.16 Å². The summed E-state index contributed by atoms with van der Waals surface area (Å²) in [5, 5.41) is 16.4. The molecule has 14 heavy (non-hydrogen) atoms. The van der Waals surface area contributed by atoms with E-state index in [9.17, 15) is 9.36 Å². The van der Waals surface area contributed by atoms with Gasteiger partial charge in [0.1, 0.15) is 0 Å². The predicted octanol–water partition coefficient (Wildman–Crippen LogP) is 0.715. The fraction of sp³-hybridized carbons (Fsp3) is 0.222. The lowest BCUT2D eigenvalue weighted by atomic mass is 9.99. The third kappa shape index (κ3) is 1.72. The third-order valence-electron chi connectivity index (χ3n) is 2.12. The second-order valence-corrected chi connectivity index (χ2v) is 4.14. The lowest BCUT2D eigenvalue weighted by molar-refractivity contribution is -0.141. The summed E-state index contributed by atoms with van der Waals surface area (Å²) in [5.74, 6) is -1.25. The second-order valence-electron chi connectivity index (χ2n) is 2.92. The van der Waals surface area contributed by atoms with E-state index in [1.807, 2.05) is 0 Å². The Balaban J connectivity index is 3.24. The van der Waals surface area contributed by atoms with Crippen molar-refractivity contribution in [1.29, 1.82) is 0 Å². The SMILES string of the molecule is O=[PH2]C(CO)(C(=O)O)c1ccccc1. The number of rotatable bonds is 4. The van der Waals surface area contributed by atoms with E-state index in [0.717, 1.165) is 0 Å². The zero-order chi connectivity index (χ0) is 10.6.